The van der Waals surface area contributed by atoms with E-state index in [0.717, 1.165) is 58.7 Å². The maximum atomic E-state index is 12.8. The van der Waals surface area contributed by atoms with Crippen LogP contribution in [0.5, 0.6) is 17.2 Å². The molecule has 182 valence electrons. The van der Waals surface area contributed by atoms with Crippen molar-refractivity contribution in [3.8, 4) is 17.2 Å². The first-order valence-corrected chi connectivity index (χ1v) is 10.9. The number of rotatable bonds is 10. The molecule has 0 radical (unpaired) electrons. The Hall–Kier alpha value is -1.60. The Morgan fingerprint density at radius 1 is 1.09 bits per heavy atom. The molecule has 0 aromatic heterocycles. The van der Waals surface area contributed by atoms with Crippen LogP contribution in [0, 0.1) is 0 Å². The number of aliphatic imine (C=N–C) groups is 1. The number of likely N-dealkylation sites (N-methyl/N-ethyl adjacent to an activating group) is 1. The number of unbranched alkanes of at least 4 members (excludes halogenated alkanes) is 1. The molecule has 32 heavy (non-hydrogen) atoms. The second-order valence-corrected chi connectivity index (χ2v) is 7.53. The molecule has 0 spiro atoms. The van der Waals surface area contributed by atoms with E-state index in [1.54, 1.807) is 13.1 Å². The van der Waals surface area contributed by atoms with Crippen molar-refractivity contribution in [1.82, 2.24) is 20.4 Å². The van der Waals surface area contributed by atoms with Crippen LogP contribution in [-0.2, 0) is 6.54 Å². The van der Waals surface area contributed by atoms with E-state index in [1.807, 2.05) is 0 Å². The van der Waals surface area contributed by atoms with Crippen LogP contribution in [0.2, 0.25) is 0 Å². The van der Waals surface area contributed by atoms with Gasteiger partial charge < -0.3 is 34.6 Å². The fourth-order valence-electron chi connectivity index (χ4n) is 3.71. The molecule has 11 heteroatoms. The zero-order chi connectivity index (χ0) is 22.1. The van der Waals surface area contributed by atoms with E-state index in [1.165, 1.54) is 6.07 Å². The van der Waals surface area contributed by atoms with Crippen molar-refractivity contribution in [1.29, 1.82) is 0 Å². The smallest absolute Gasteiger partial charge is 0.387 e. The number of fused-ring (bicyclic) bond motifs is 1. The highest BCUT2D eigenvalue weighted by Crippen LogP contribution is 2.38. The largest absolute Gasteiger partial charge is 0.454 e. The lowest BCUT2D eigenvalue weighted by Gasteiger charge is -2.34. The summed E-state index contributed by atoms with van der Waals surface area (Å²) in [6.07, 6.45) is 2.14. The maximum Gasteiger partial charge on any atom is 0.387 e. The molecule has 2 N–H and O–H groups in total. The van der Waals surface area contributed by atoms with Crippen LogP contribution in [0.25, 0.3) is 0 Å². The minimum atomic E-state index is -2.92. The van der Waals surface area contributed by atoms with Gasteiger partial charge in [0.2, 0.25) is 6.79 Å². The Morgan fingerprint density at radius 3 is 2.44 bits per heavy atom. The third-order valence-electron chi connectivity index (χ3n) is 5.55. The average molecular weight is 569 g/mol. The molecule has 0 amide bonds. The monoisotopic (exact) mass is 569 g/mol. The van der Waals surface area contributed by atoms with Crippen molar-refractivity contribution in [2.24, 2.45) is 4.99 Å². The van der Waals surface area contributed by atoms with Crippen molar-refractivity contribution >= 4 is 29.9 Å². The van der Waals surface area contributed by atoms with Gasteiger partial charge in [-0.25, -0.2) is 0 Å². The average Bonchev–Trinajstić information content (AvgIpc) is 3.22. The lowest BCUT2D eigenvalue weighted by atomic mass is 10.1. The highest BCUT2D eigenvalue weighted by molar-refractivity contribution is 14.0. The molecule has 0 aliphatic carbocycles. The van der Waals surface area contributed by atoms with E-state index in [2.05, 4.69) is 37.1 Å². The lowest BCUT2D eigenvalue weighted by Crippen LogP contribution is -2.46. The summed E-state index contributed by atoms with van der Waals surface area (Å²) >= 11 is 0. The molecule has 1 aromatic carbocycles. The van der Waals surface area contributed by atoms with Gasteiger partial charge in [-0.1, -0.05) is 6.92 Å². The molecule has 8 nitrogen and oxygen atoms in total. The highest BCUT2D eigenvalue weighted by atomic mass is 127. The van der Waals surface area contributed by atoms with Gasteiger partial charge in [0.1, 0.15) is 5.75 Å². The second kappa shape index (κ2) is 13.8. The van der Waals surface area contributed by atoms with Gasteiger partial charge in [0, 0.05) is 57.9 Å². The molecule has 0 unspecified atom stereocenters. The number of guanidine groups is 1. The Balaban J connectivity index is 0.00000363. The molecule has 2 aliphatic rings. The van der Waals surface area contributed by atoms with Crippen LogP contribution < -0.4 is 24.8 Å². The molecule has 0 bridgehead atoms. The Bertz CT molecular complexity index is 734. The summed E-state index contributed by atoms with van der Waals surface area (Å²) in [6, 6.07) is 3.08. The summed E-state index contributed by atoms with van der Waals surface area (Å²) in [4.78, 5) is 9.20. The fraction of sp³-hybridized carbons (Fsp3) is 0.667. The molecule has 3 rings (SSSR count). The van der Waals surface area contributed by atoms with E-state index in [0.29, 0.717) is 23.0 Å². The predicted octanol–water partition coefficient (Wildman–Crippen LogP) is 2.72. The van der Waals surface area contributed by atoms with Gasteiger partial charge in [-0.05, 0) is 32.0 Å². The number of ether oxygens (including phenoxy) is 3. The number of alkyl halides is 2. The summed E-state index contributed by atoms with van der Waals surface area (Å²) in [5.74, 6) is 1.58. The van der Waals surface area contributed by atoms with E-state index < -0.39 is 6.61 Å². The van der Waals surface area contributed by atoms with Gasteiger partial charge in [0.15, 0.2) is 17.5 Å². The first-order chi connectivity index (χ1) is 15.1. The van der Waals surface area contributed by atoms with Gasteiger partial charge in [0.05, 0.1) is 0 Å². The number of hydrogen-bond acceptors (Lipinski definition) is 6. The molecular weight excluding hydrogens is 535 g/mol. The van der Waals surface area contributed by atoms with Crippen LogP contribution >= 0.6 is 24.0 Å². The third kappa shape index (κ3) is 8.07. The normalized spacial score (nSPS) is 16.7. The number of nitrogens with one attached hydrogen (secondary N) is 2. The van der Waals surface area contributed by atoms with E-state index in [-0.39, 0.29) is 43.1 Å². The Labute approximate surface area is 205 Å². The summed E-state index contributed by atoms with van der Waals surface area (Å²) < 4.78 is 40.8. The molecule has 0 atom stereocenters. The zero-order valence-corrected chi connectivity index (χ0v) is 21.1. The van der Waals surface area contributed by atoms with Crippen LogP contribution in [0.3, 0.4) is 0 Å². The number of piperazine rings is 1. The van der Waals surface area contributed by atoms with Gasteiger partial charge in [-0.15, -0.1) is 24.0 Å². The summed E-state index contributed by atoms with van der Waals surface area (Å²) in [5.41, 5.74) is 0.540. The molecular formula is C21H34F2IN5O3. The number of nitrogens with zero attached hydrogens (tertiary/aromatic N) is 3. The Kier molecular flexibility index (Phi) is 11.5. The lowest BCUT2D eigenvalue weighted by molar-refractivity contribution is -0.0505. The molecule has 2 aliphatic heterocycles. The highest BCUT2D eigenvalue weighted by Gasteiger charge is 2.20. The van der Waals surface area contributed by atoms with Gasteiger partial charge >= 0.3 is 6.61 Å². The minimum Gasteiger partial charge on any atom is -0.454 e. The van der Waals surface area contributed by atoms with Crippen molar-refractivity contribution in [2.45, 2.75) is 32.9 Å². The zero-order valence-electron chi connectivity index (χ0n) is 18.7. The van der Waals surface area contributed by atoms with Gasteiger partial charge in [0.25, 0.3) is 0 Å². The first kappa shape index (κ1) is 26.7. The van der Waals surface area contributed by atoms with E-state index >= 15 is 0 Å². The van der Waals surface area contributed by atoms with Gasteiger partial charge in [-0.3, -0.25) is 4.99 Å². The quantitative estimate of drug-likeness (QED) is 0.195. The van der Waals surface area contributed by atoms with Crippen LogP contribution in [0.1, 0.15) is 25.3 Å². The van der Waals surface area contributed by atoms with Crippen molar-refractivity contribution in [3.63, 3.8) is 0 Å². The first-order valence-electron chi connectivity index (χ1n) is 10.9. The summed E-state index contributed by atoms with van der Waals surface area (Å²) in [7, 11) is 1.68. The van der Waals surface area contributed by atoms with Crippen LogP contribution in [-0.4, -0.2) is 82.0 Å². The number of benzene rings is 1. The van der Waals surface area contributed by atoms with Crippen LogP contribution in [0.4, 0.5) is 8.78 Å². The van der Waals surface area contributed by atoms with Crippen LogP contribution in [0.15, 0.2) is 17.1 Å². The van der Waals surface area contributed by atoms with E-state index in [9.17, 15) is 8.78 Å². The van der Waals surface area contributed by atoms with E-state index in [4.69, 9.17) is 9.47 Å². The maximum absolute atomic E-state index is 12.8. The standard InChI is InChI=1S/C21H33F2N5O3.HI/c1-3-27-8-10-28(11-9-27)7-5-4-6-25-21(24-2)26-14-16-12-18-19(30-15-29-18)13-17(16)31-20(22)23;/h12-13,20H,3-11,14-15H2,1-2H3,(H2,24,25,26);1H. The predicted molar refractivity (Wildman–Crippen MR) is 131 cm³/mol. The molecule has 1 saturated heterocycles. The second-order valence-electron chi connectivity index (χ2n) is 7.53. The molecule has 2 heterocycles. The van der Waals surface area contributed by atoms with Gasteiger partial charge in [-0.2, -0.15) is 8.78 Å². The SMILES string of the molecule is CCN1CCN(CCCCNC(=NC)NCc2cc3c(cc2OC(F)F)OCO3)CC1.I. The Morgan fingerprint density at radius 2 is 1.78 bits per heavy atom. The molecule has 0 saturated carbocycles. The van der Waals surface area contributed by atoms with Crippen molar-refractivity contribution in [2.75, 3.05) is 59.7 Å². The minimum absolute atomic E-state index is 0. The fourth-order valence-corrected chi connectivity index (χ4v) is 3.71. The number of halogens is 3. The topological polar surface area (TPSA) is 70.6 Å². The van der Waals surface area contributed by atoms with Crippen molar-refractivity contribution in [3.05, 3.63) is 17.7 Å². The number of hydrogen-bond donors (Lipinski definition) is 2. The molecule has 1 fully saturated rings. The van der Waals surface area contributed by atoms with Crippen molar-refractivity contribution < 1.29 is 23.0 Å². The summed E-state index contributed by atoms with van der Waals surface area (Å²) in [6.45, 7) is 7.25. The molecule has 1 aromatic rings. The summed E-state index contributed by atoms with van der Waals surface area (Å²) in [5, 5.41) is 6.42. The third-order valence-corrected chi connectivity index (χ3v) is 5.55.